The third kappa shape index (κ3) is 3.64. The number of likely N-dealkylation sites (tertiary alicyclic amines) is 1. The summed E-state index contributed by atoms with van der Waals surface area (Å²) < 4.78 is 0. The lowest BCUT2D eigenvalue weighted by atomic mass is 9.81. The first-order chi connectivity index (χ1) is 15.4. The van der Waals surface area contributed by atoms with Crippen LogP contribution in [-0.4, -0.2) is 81.9 Å². The molecule has 172 valence electrons. The number of aromatic hydroxyl groups is 2. The second-order valence-electron chi connectivity index (χ2n) is 9.76. The van der Waals surface area contributed by atoms with Gasteiger partial charge in [0.05, 0.1) is 11.8 Å². The Labute approximate surface area is 187 Å². The zero-order valence-electron chi connectivity index (χ0n) is 18.3. The van der Waals surface area contributed by atoms with Crippen LogP contribution in [0.25, 0.3) is 0 Å². The van der Waals surface area contributed by atoms with Gasteiger partial charge < -0.3 is 15.1 Å². The lowest BCUT2D eigenvalue weighted by molar-refractivity contribution is -0.140. The molecule has 0 unspecified atom stereocenters. The normalized spacial score (nSPS) is 29.8. The lowest BCUT2D eigenvalue weighted by Gasteiger charge is -2.35. The van der Waals surface area contributed by atoms with Gasteiger partial charge in [0.15, 0.2) is 11.5 Å². The molecule has 1 aromatic rings. The number of fused-ring (bicyclic) bond motifs is 5. The van der Waals surface area contributed by atoms with Crippen LogP contribution < -0.4 is 0 Å². The molecule has 0 radical (unpaired) electrons. The number of carbonyl (C=O) groups is 3. The minimum absolute atomic E-state index is 0.0256. The van der Waals surface area contributed by atoms with Crippen LogP contribution in [0.4, 0.5) is 0 Å². The summed E-state index contributed by atoms with van der Waals surface area (Å²) in [4.78, 5) is 43.8. The number of benzene rings is 1. The number of piperazine rings is 1. The van der Waals surface area contributed by atoms with Gasteiger partial charge in [0.2, 0.25) is 11.8 Å². The molecule has 2 bridgehead atoms. The summed E-state index contributed by atoms with van der Waals surface area (Å²) in [6.45, 7) is 4.17. The van der Waals surface area contributed by atoms with Crippen molar-refractivity contribution < 1.29 is 24.6 Å². The molecule has 4 fully saturated rings. The molecule has 4 atom stereocenters. The number of phenolic OH excluding ortho intramolecular Hbond substituents is 2. The van der Waals surface area contributed by atoms with E-state index >= 15 is 0 Å². The largest absolute Gasteiger partial charge is 0.504 e. The fourth-order valence-electron chi connectivity index (χ4n) is 6.31. The predicted molar refractivity (Wildman–Crippen MR) is 116 cm³/mol. The van der Waals surface area contributed by atoms with Crippen molar-refractivity contribution in [1.82, 2.24) is 14.7 Å². The van der Waals surface area contributed by atoms with Crippen molar-refractivity contribution >= 4 is 17.7 Å². The summed E-state index contributed by atoms with van der Waals surface area (Å²) in [5, 5.41) is 19.0. The van der Waals surface area contributed by atoms with Crippen molar-refractivity contribution in [3.8, 4) is 11.5 Å². The Morgan fingerprint density at radius 1 is 0.875 bits per heavy atom. The summed E-state index contributed by atoms with van der Waals surface area (Å²) in [6.07, 6.45) is 5.03. The highest BCUT2D eigenvalue weighted by Gasteiger charge is 2.60. The first-order valence-corrected chi connectivity index (χ1v) is 11.8. The van der Waals surface area contributed by atoms with Gasteiger partial charge in [-0.2, -0.15) is 0 Å². The second kappa shape index (κ2) is 8.39. The quantitative estimate of drug-likeness (QED) is 0.396. The van der Waals surface area contributed by atoms with Gasteiger partial charge in [0.25, 0.3) is 5.91 Å². The molecule has 32 heavy (non-hydrogen) atoms. The molecule has 2 N–H and O–H groups in total. The van der Waals surface area contributed by atoms with Crippen LogP contribution in [0.5, 0.6) is 11.5 Å². The van der Waals surface area contributed by atoms with Crippen LogP contribution in [0.2, 0.25) is 0 Å². The third-order valence-electron chi connectivity index (χ3n) is 8.01. The van der Waals surface area contributed by atoms with Gasteiger partial charge in [-0.3, -0.25) is 24.2 Å². The fraction of sp³-hybridized carbons (Fsp3) is 0.625. The monoisotopic (exact) mass is 441 g/mol. The molecule has 0 spiro atoms. The van der Waals surface area contributed by atoms with Crippen LogP contribution in [-0.2, 0) is 9.59 Å². The van der Waals surface area contributed by atoms with E-state index < -0.39 is 0 Å². The molecule has 2 saturated heterocycles. The van der Waals surface area contributed by atoms with E-state index in [1.54, 1.807) is 9.80 Å². The maximum absolute atomic E-state index is 12.8. The van der Waals surface area contributed by atoms with Gasteiger partial charge in [-0.1, -0.05) is 0 Å². The number of imide groups is 1. The Hall–Kier alpha value is -2.61. The van der Waals surface area contributed by atoms with E-state index in [4.69, 9.17) is 0 Å². The molecular weight excluding hydrogens is 410 g/mol. The van der Waals surface area contributed by atoms with E-state index in [2.05, 4.69) is 4.90 Å². The molecule has 2 saturated carbocycles. The summed E-state index contributed by atoms with van der Waals surface area (Å²) >= 11 is 0. The maximum atomic E-state index is 12.8. The number of amides is 3. The highest BCUT2D eigenvalue weighted by atomic mass is 16.3. The number of hydrogen-bond acceptors (Lipinski definition) is 6. The van der Waals surface area contributed by atoms with Crippen molar-refractivity contribution in [2.24, 2.45) is 23.7 Å². The van der Waals surface area contributed by atoms with Crippen LogP contribution in [0.3, 0.4) is 0 Å². The number of rotatable bonds is 6. The molecule has 8 heteroatoms. The van der Waals surface area contributed by atoms with E-state index in [0.29, 0.717) is 37.0 Å². The van der Waals surface area contributed by atoms with E-state index in [0.717, 1.165) is 51.7 Å². The lowest BCUT2D eigenvalue weighted by Crippen LogP contribution is -2.48. The average Bonchev–Trinajstić information content (AvgIpc) is 3.48. The smallest absolute Gasteiger partial charge is 0.254 e. The van der Waals surface area contributed by atoms with Gasteiger partial charge in [0, 0.05) is 38.3 Å². The Balaban J connectivity index is 1.04. The Morgan fingerprint density at radius 3 is 2.12 bits per heavy atom. The summed E-state index contributed by atoms with van der Waals surface area (Å²) in [5.41, 5.74) is 0.368. The molecule has 8 nitrogen and oxygen atoms in total. The van der Waals surface area contributed by atoms with Crippen molar-refractivity contribution in [1.29, 1.82) is 0 Å². The van der Waals surface area contributed by atoms with Crippen molar-refractivity contribution in [3.63, 3.8) is 0 Å². The number of nitrogens with zero attached hydrogens (tertiary/aromatic N) is 3. The Morgan fingerprint density at radius 2 is 1.50 bits per heavy atom. The Bertz CT molecular complexity index is 898. The summed E-state index contributed by atoms with van der Waals surface area (Å²) in [5.74, 6) is 0.321. The second-order valence-corrected chi connectivity index (χ2v) is 9.76. The molecule has 2 aliphatic heterocycles. The van der Waals surface area contributed by atoms with E-state index in [9.17, 15) is 24.6 Å². The summed E-state index contributed by atoms with van der Waals surface area (Å²) in [6, 6.07) is 4.14. The van der Waals surface area contributed by atoms with Crippen LogP contribution in [0.1, 0.15) is 42.5 Å². The molecule has 4 aliphatic rings. The fourth-order valence-corrected chi connectivity index (χ4v) is 6.31. The van der Waals surface area contributed by atoms with Crippen LogP contribution in [0.15, 0.2) is 18.2 Å². The maximum Gasteiger partial charge on any atom is 0.254 e. The van der Waals surface area contributed by atoms with Gasteiger partial charge in [-0.25, -0.2) is 0 Å². The molecule has 1 aromatic carbocycles. The standard InChI is InChI=1S/C24H31N3O5/c28-18-6-5-17(14-19(18)29)22(30)26-11-9-25(10-12-26)7-1-2-8-27-23(31)20-15-3-4-16(13-15)21(20)24(27)32/h5-6,14-16,20-21,28-29H,1-4,7-13H2/t15-,16+,20+,21-. The summed E-state index contributed by atoms with van der Waals surface area (Å²) in [7, 11) is 0. The van der Waals surface area contributed by atoms with Gasteiger partial charge in [-0.15, -0.1) is 0 Å². The number of hydrogen-bond donors (Lipinski definition) is 2. The molecule has 0 aromatic heterocycles. The van der Waals surface area contributed by atoms with Gasteiger partial charge >= 0.3 is 0 Å². The van der Waals surface area contributed by atoms with Crippen molar-refractivity contribution in [2.45, 2.75) is 32.1 Å². The minimum atomic E-state index is -0.291. The van der Waals surface area contributed by atoms with Gasteiger partial charge in [0.1, 0.15) is 0 Å². The van der Waals surface area contributed by atoms with E-state index in [-0.39, 0.29) is 41.1 Å². The van der Waals surface area contributed by atoms with Crippen molar-refractivity contribution in [2.75, 3.05) is 39.3 Å². The molecule has 2 aliphatic carbocycles. The highest BCUT2D eigenvalue weighted by Crippen LogP contribution is 2.56. The van der Waals surface area contributed by atoms with Crippen molar-refractivity contribution in [3.05, 3.63) is 23.8 Å². The zero-order valence-corrected chi connectivity index (χ0v) is 18.3. The molecule has 5 rings (SSSR count). The average molecular weight is 442 g/mol. The zero-order chi connectivity index (χ0) is 22.4. The minimum Gasteiger partial charge on any atom is -0.504 e. The molecule has 2 heterocycles. The number of unbranched alkanes of at least 4 members (excludes halogenated alkanes) is 1. The number of carbonyl (C=O) groups excluding carboxylic acids is 3. The molecule has 3 amide bonds. The van der Waals surface area contributed by atoms with Crippen LogP contribution in [0, 0.1) is 23.7 Å². The SMILES string of the molecule is O=C(c1ccc(O)c(O)c1)N1CCN(CCCCN2C(=O)[C@@H]3[C@H]4CC[C@H](C4)[C@@H]3C2=O)CC1. The molecular formula is C24H31N3O5. The number of phenols is 2. The predicted octanol–water partition coefficient (Wildman–Crippen LogP) is 1.67. The first kappa shape index (κ1) is 21.2. The topological polar surface area (TPSA) is 101 Å². The van der Waals surface area contributed by atoms with Gasteiger partial charge in [-0.05, 0) is 68.7 Å². The highest BCUT2D eigenvalue weighted by molar-refractivity contribution is 6.06. The third-order valence-corrected chi connectivity index (χ3v) is 8.01. The van der Waals surface area contributed by atoms with Crippen LogP contribution >= 0.6 is 0 Å². The Kier molecular flexibility index (Phi) is 5.57. The first-order valence-electron chi connectivity index (χ1n) is 11.8. The van der Waals surface area contributed by atoms with E-state index in [1.807, 2.05) is 0 Å². The van der Waals surface area contributed by atoms with E-state index in [1.165, 1.54) is 18.2 Å².